The fourth-order valence-corrected chi connectivity index (χ4v) is 2.47. The van der Waals surface area contributed by atoms with Crippen molar-refractivity contribution in [3.05, 3.63) is 0 Å². The van der Waals surface area contributed by atoms with Crippen molar-refractivity contribution in [2.75, 3.05) is 14.1 Å². The Hall–Kier alpha value is 0.110. The lowest BCUT2D eigenvalue weighted by molar-refractivity contribution is 0.264. The van der Waals surface area contributed by atoms with Gasteiger partial charge in [0.1, 0.15) is 0 Å². The Morgan fingerprint density at radius 1 is 1.00 bits per heavy atom. The maximum absolute atomic E-state index is 11.9. The van der Waals surface area contributed by atoms with Crippen LogP contribution in [0.15, 0.2) is 0 Å². The summed E-state index contributed by atoms with van der Waals surface area (Å²) in [4.78, 5) is 9.80. The fourth-order valence-electron chi connectivity index (χ4n) is 0.824. The van der Waals surface area contributed by atoms with E-state index < -0.39 is 7.67 Å². The SMILES string of the molecule is CC(C)N(C)P(=O)(O)N(C)C(C)C. The lowest BCUT2D eigenvalue weighted by Crippen LogP contribution is -2.34. The second-order valence-electron chi connectivity index (χ2n) is 3.85. The summed E-state index contributed by atoms with van der Waals surface area (Å²) in [6.07, 6.45) is 0. The van der Waals surface area contributed by atoms with Gasteiger partial charge in [0, 0.05) is 12.1 Å². The molecule has 0 radical (unpaired) electrons. The second-order valence-corrected chi connectivity index (χ2v) is 6.14. The molecule has 0 aliphatic heterocycles. The van der Waals surface area contributed by atoms with Crippen LogP contribution in [0.3, 0.4) is 0 Å². The van der Waals surface area contributed by atoms with Crippen LogP contribution in [0.1, 0.15) is 27.7 Å². The summed E-state index contributed by atoms with van der Waals surface area (Å²) in [5, 5.41) is 0. The first-order valence-corrected chi connectivity index (χ1v) is 6.07. The molecule has 0 aliphatic carbocycles. The lowest BCUT2D eigenvalue weighted by Gasteiger charge is -2.34. The normalized spacial score (nSPS) is 13.8. The van der Waals surface area contributed by atoms with Gasteiger partial charge in [0.15, 0.2) is 0 Å². The van der Waals surface area contributed by atoms with Gasteiger partial charge in [-0.25, -0.2) is 9.34 Å². The van der Waals surface area contributed by atoms with Crippen LogP contribution in [0, 0.1) is 0 Å². The zero-order valence-electron chi connectivity index (χ0n) is 9.35. The van der Waals surface area contributed by atoms with E-state index in [0.29, 0.717) is 0 Å². The van der Waals surface area contributed by atoms with Crippen molar-refractivity contribution < 1.29 is 9.46 Å². The molecule has 0 aromatic rings. The minimum Gasteiger partial charge on any atom is -0.322 e. The van der Waals surface area contributed by atoms with Crippen LogP contribution in [0.25, 0.3) is 0 Å². The summed E-state index contributed by atoms with van der Waals surface area (Å²) in [5.74, 6) is 0. The van der Waals surface area contributed by atoms with Crippen LogP contribution in [-0.2, 0) is 4.57 Å². The quantitative estimate of drug-likeness (QED) is 0.715. The van der Waals surface area contributed by atoms with Crippen LogP contribution in [-0.4, -0.2) is 40.4 Å². The number of nitrogens with zero attached hydrogens (tertiary/aromatic N) is 2. The van der Waals surface area contributed by atoms with E-state index in [2.05, 4.69) is 0 Å². The minimum absolute atomic E-state index is 0.0667. The Labute approximate surface area is 81.1 Å². The predicted octanol–water partition coefficient (Wildman–Crippen LogP) is 1.77. The van der Waals surface area contributed by atoms with E-state index in [0.717, 1.165) is 0 Å². The van der Waals surface area contributed by atoms with Crippen molar-refractivity contribution in [3.63, 3.8) is 0 Å². The van der Waals surface area contributed by atoms with Gasteiger partial charge in [-0.05, 0) is 41.8 Å². The van der Waals surface area contributed by atoms with Gasteiger partial charge in [-0.1, -0.05) is 0 Å². The zero-order chi connectivity index (χ0) is 10.8. The van der Waals surface area contributed by atoms with E-state index in [1.165, 1.54) is 9.34 Å². The largest absolute Gasteiger partial charge is 0.343 e. The maximum Gasteiger partial charge on any atom is 0.343 e. The fraction of sp³-hybridized carbons (Fsp3) is 1.00. The Bertz CT molecular complexity index is 188. The highest BCUT2D eigenvalue weighted by atomic mass is 31.2. The molecule has 0 aromatic carbocycles. The third-order valence-corrected chi connectivity index (χ3v) is 4.88. The van der Waals surface area contributed by atoms with Crippen molar-refractivity contribution >= 4 is 7.67 Å². The Morgan fingerprint density at radius 2 is 1.23 bits per heavy atom. The first-order chi connectivity index (χ1) is 5.71. The third kappa shape index (κ3) is 3.06. The van der Waals surface area contributed by atoms with Crippen molar-refractivity contribution in [1.82, 2.24) is 9.34 Å². The van der Waals surface area contributed by atoms with Crippen LogP contribution < -0.4 is 0 Å². The van der Waals surface area contributed by atoms with E-state index in [1.54, 1.807) is 14.1 Å². The first kappa shape index (κ1) is 13.1. The molecule has 0 unspecified atom stereocenters. The smallest absolute Gasteiger partial charge is 0.322 e. The highest BCUT2D eigenvalue weighted by Gasteiger charge is 2.33. The number of hydrogen-bond donors (Lipinski definition) is 1. The lowest BCUT2D eigenvalue weighted by atomic mass is 10.4. The molecule has 0 fully saturated rings. The van der Waals surface area contributed by atoms with Crippen LogP contribution >= 0.6 is 7.67 Å². The molecule has 0 aromatic heterocycles. The predicted molar refractivity (Wildman–Crippen MR) is 55.6 cm³/mol. The molecular weight excluding hydrogens is 187 g/mol. The average Bonchev–Trinajstić information content (AvgIpc) is 2.01. The van der Waals surface area contributed by atoms with Gasteiger partial charge in [0.2, 0.25) is 0 Å². The van der Waals surface area contributed by atoms with E-state index in [4.69, 9.17) is 0 Å². The van der Waals surface area contributed by atoms with Crippen molar-refractivity contribution in [3.8, 4) is 0 Å². The molecule has 0 rings (SSSR count). The monoisotopic (exact) mass is 208 g/mol. The topological polar surface area (TPSA) is 43.8 Å². The number of hydrogen-bond acceptors (Lipinski definition) is 1. The summed E-state index contributed by atoms with van der Waals surface area (Å²) in [6.45, 7) is 7.60. The molecule has 80 valence electrons. The first-order valence-electron chi connectivity index (χ1n) is 4.50. The third-order valence-electron chi connectivity index (χ3n) is 2.32. The zero-order valence-corrected chi connectivity index (χ0v) is 10.2. The molecule has 0 spiro atoms. The summed E-state index contributed by atoms with van der Waals surface area (Å²) in [6, 6.07) is 0.133. The molecular formula is C8H21N2O2P. The molecule has 4 nitrogen and oxygen atoms in total. The molecule has 0 heterocycles. The van der Waals surface area contributed by atoms with E-state index in [-0.39, 0.29) is 12.1 Å². The molecule has 13 heavy (non-hydrogen) atoms. The molecule has 0 bridgehead atoms. The molecule has 0 saturated carbocycles. The van der Waals surface area contributed by atoms with Gasteiger partial charge < -0.3 is 4.89 Å². The van der Waals surface area contributed by atoms with Gasteiger partial charge in [-0.15, -0.1) is 0 Å². The van der Waals surface area contributed by atoms with E-state index in [1.807, 2.05) is 27.7 Å². The van der Waals surface area contributed by atoms with Gasteiger partial charge in [-0.2, -0.15) is 0 Å². The molecule has 0 amide bonds. The minimum atomic E-state index is -3.32. The Balaban J connectivity index is 4.65. The second kappa shape index (κ2) is 4.56. The van der Waals surface area contributed by atoms with Gasteiger partial charge in [-0.3, -0.25) is 4.57 Å². The molecule has 1 N–H and O–H groups in total. The average molecular weight is 208 g/mol. The van der Waals surface area contributed by atoms with Crippen LogP contribution in [0.4, 0.5) is 0 Å². The summed E-state index contributed by atoms with van der Waals surface area (Å²) in [5.41, 5.74) is 0. The van der Waals surface area contributed by atoms with Crippen molar-refractivity contribution in [1.29, 1.82) is 0 Å². The summed E-state index contributed by atoms with van der Waals surface area (Å²) >= 11 is 0. The van der Waals surface area contributed by atoms with Gasteiger partial charge in [0.25, 0.3) is 0 Å². The van der Waals surface area contributed by atoms with Crippen LogP contribution in [0.2, 0.25) is 0 Å². The highest BCUT2D eigenvalue weighted by Crippen LogP contribution is 2.48. The molecule has 5 heteroatoms. The maximum atomic E-state index is 11.9. The van der Waals surface area contributed by atoms with Gasteiger partial charge in [0.05, 0.1) is 0 Å². The molecule has 0 saturated heterocycles. The summed E-state index contributed by atoms with van der Waals surface area (Å²) < 4.78 is 14.9. The van der Waals surface area contributed by atoms with E-state index in [9.17, 15) is 9.46 Å². The standard InChI is InChI=1S/C8H21N2O2P/c1-7(2)9(5)13(11,12)10(6)8(3)4/h7-8H,1-6H3,(H,11,12). The number of rotatable bonds is 4. The Morgan fingerprint density at radius 3 is 1.38 bits per heavy atom. The van der Waals surface area contributed by atoms with Crippen molar-refractivity contribution in [2.45, 2.75) is 39.8 Å². The van der Waals surface area contributed by atoms with Crippen LogP contribution in [0.5, 0.6) is 0 Å². The summed E-state index contributed by atoms with van der Waals surface area (Å²) in [7, 11) is 0.0217. The molecule has 0 aliphatic rings. The highest BCUT2D eigenvalue weighted by molar-refractivity contribution is 7.52. The Kier molecular flexibility index (Phi) is 4.60. The van der Waals surface area contributed by atoms with Gasteiger partial charge >= 0.3 is 7.67 Å². The molecule has 0 atom stereocenters. The van der Waals surface area contributed by atoms with E-state index >= 15 is 0 Å². The van der Waals surface area contributed by atoms with Crippen molar-refractivity contribution in [2.24, 2.45) is 0 Å².